The largest absolute Gasteiger partial charge is 0.481 e. The molecule has 1 amide bonds. The van der Waals surface area contributed by atoms with Gasteiger partial charge in [0, 0.05) is 19.0 Å². The Kier molecular flexibility index (Phi) is 2.81. The van der Waals surface area contributed by atoms with Crippen LogP contribution in [0.15, 0.2) is 12.3 Å². The van der Waals surface area contributed by atoms with Crippen molar-refractivity contribution in [2.45, 2.75) is 19.8 Å². The van der Waals surface area contributed by atoms with Crippen LogP contribution in [-0.2, 0) is 11.2 Å². The zero-order valence-electron chi connectivity index (χ0n) is 9.86. The summed E-state index contributed by atoms with van der Waals surface area (Å²) < 4.78 is 5.10. The van der Waals surface area contributed by atoms with Gasteiger partial charge < -0.3 is 9.64 Å². The van der Waals surface area contributed by atoms with Crippen molar-refractivity contribution in [3.05, 3.63) is 17.8 Å². The van der Waals surface area contributed by atoms with E-state index in [1.807, 2.05) is 13.0 Å². The Morgan fingerprint density at radius 3 is 3.00 bits per heavy atom. The highest BCUT2D eigenvalue weighted by molar-refractivity contribution is 5.95. The van der Waals surface area contributed by atoms with Crippen molar-refractivity contribution in [3.63, 3.8) is 0 Å². The fourth-order valence-electron chi connectivity index (χ4n) is 2.03. The highest BCUT2D eigenvalue weighted by Crippen LogP contribution is 2.29. The molecule has 0 radical (unpaired) electrons. The van der Waals surface area contributed by atoms with E-state index < -0.39 is 0 Å². The predicted octanol–water partition coefficient (Wildman–Crippen LogP) is 1.64. The molecule has 16 heavy (non-hydrogen) atoms. The monoisotopic (exact) mass is 220 g/mol. The molecule has 1 atom stereocenters. The van der Waals surface area contributed by atoms with Crippen LogP contribution in [-0.4, -0.2) is 25.0 Å². The van der Waals surface area contributed by atoms with E-state index >= 15 is 0 Å². The van der Waals surface area contributed by atoms with Gasteiger partial charge in [-0.2, -0.15) is 0 Å². The van der Waals surface area contributed by atoms with Gasteiger partial charge in [-0.05, 0) is 18.4 Å². The third-order valence-electron chi connectivity index (χ3n) is 3.11. The third-order valence-corrected chi connectivity index (χ3v) is 3.11. The highest BCUT2D eigenvalue weighted by atomic mass is 16.5. The fourth-order valence-corrected chi connectivity index (χ4v) is 2.03. The molecule has 0 saturated carbocycles. The van der Waals surface area contributed by atoms with Gasteiger partial charge >= 0.3 is 0 Å². The SMILES string of the molecule is COc1cc2c(cn1)N(C)C(=O)C(C)CC2. The number of fused-ring (bicyclic) bond motifs is 1. The van der Waals surface area contributed by atoms with Crippen molar-refractivity contribution in [1.82, 2.24) is 4.98 Å². The molecule has 1 aromatic rings. The number of ether oxygens (including phenoxy) is 1. The summed E-state index contributed by atoms with van der Waals surface area (Å²) in [7, 11) is 3.40. The fraction of sp³-hybridized carbons (Fsp3) is 0.500. The molecule has 0 aromatic carbocycles. The number of amides is 1. The van der Waals surface area contributed by atoms with Gasteiger partial charge in [-0.15, -0.1) is 0 Å². The van der Waals surface area contributed by atoms with Gasteiger partial charge in [0.2, 0.25) is 11.8 Å². The Morgan fingerprint density at radius 1 is 1.56 bits per heavy atom. The van der Waals surface area contributed by atoms with Crippen molar-refractivity contribution >= 4 is 11.6 Å². The molecule has 86 valence electrons. The van der Waals surface area contributed by atoms with E-state index in [1.54, 1.807) is 25.3 Å². The summed E-state index contributed by atoms with van der Waals surface area (Å²) in [5.74, 6) is 0.836. The minimum absolute atomic E-state index is 0.0726. The standard InChI is InChI=1S/C12H16N2O2/c1-8-4-5-9-6-11(16-3)13-7-10(9)14(2)12(8)15/h6-8H,4-5H2,1-3H3. The maximum absolute atomic E-state index is 11.9. The third kappa shape index (κ3) is 1.75. The van der Waals surface area contributed by atoms with Gasteiger partial charge in [0.05, 0.1) is 19.0 Å². The first-order chi connectivity index (χ1) is 7.63. The van der Waals surface area contributed by atoms with Crippen molar-refractivity contribution in [2.24, 2.45) is 5.92 Å². The van der Waals surface area contributed by atoms with E-state index in [9.17, 15) is 4.79 Å². The maximum Gasteiger partial charge on any atom is 0.229 e. The molecule has 0 N–H and O–H groups in total. The van der Waals surface area contributed by atoms with E-state index in [0.29, 0.717) is 5.88 Å². The second kappa shape index (κ2) is 4.12. The van der Waals surface area contributed by atoms with Gasteiger partial charge in [0.1, 0.15) is 0 Å². The number of nitrogens with zero attached hydrogens (tertiary/aromatic N) is 2. The Morgan fingerprint density at radius 2 is 2.31 bits per heavy atom. The molecule has 1 aliphatic rings. The second-order valence-corrected chi connectivity index (χ2v) is 4.19. The first kappa shape index (κ1) is 10.9. The van der Waals surface area contributed by atoms with Crippen LogP contribution < -0.4 is 9.64 Å². The number of rotatable bonds is 1. The summed E-state index contributed by atoms with van der Waals surface area (Å²) >= 11 is 0. The number of aromatic nitrogens is 1. The zero-order valence-corrected chi connectivity index (χ0v) is 9.86. The van der Waals surface area contributed by atoms with Crippen LogP contribution >= 0.6 is 0 Å². The molecular formula is C12H16N2O2. The number of carbonyl (C=O) groups is 1. The van der Waals surface area contributed by atoms with Crippen LogP contribution in [0.4, 0.5) is 5.69 Å². The number of anilines is 1. The lowest BCUT2D eigenvalue weighted by molar-refractivity contribution is -0.121. The molecule has 0 fully saturated rings. The minimum Gasteiger partial charge on any atom is -0.481 e. The van der Waals surface area contributed by atoms with E-state index in [4.69, 9.17) is 4.74 Å². The number of pyridine rings is 1. The van der Waals surface area contributed by atoms with E-state index in [-0.39, 0.29) is 11.8 Å². The van der Waals surface area contributed by atoms with Crippen molar-refractivity contribution in [1.29, 1.82) is 0 Å². The maximum atomic E-state index is 11.9. The van der Waals surface area contributed by atoms with Gasteiger partial charge in [0.15, 0.2) is 0 Å². The van der Waals surface area contributed by atoms with Crippen molar-refractivity contribution in [2.75, 3.05) is 19.1 Å². The van der Waals surface area contributed by atoms with Gasteiger partial charge in [-0.3, -0.25) is 4.79 Å². The van der Waals surface area contributed by atoms with E-state index in [2.05, 4.69) is 4.98 Å². The summed E-state index contributed by atoms with van der Waals surface area (Å²) in [5, 5.41) is 0. The molecule has 0 bridgehead atoms. The van der Waals surface area contributed by atoms with Crippen LogP contribution in [0.3, 0.4) is 0 Å². The summed E-state index contributed by atoms with van der Waals surface area (Å²) in [6.07, 6.45) is 3.49. The van der Waals surface area contributed by atoms with Crippen LogP contribution in [0.25, 0.3) is 0 Å². The normalized spacial score (nSPS) is 20.3. The van der Waals surface area contributed by atoms with E-state index in [0.717, 1.165) is 24.1 Å². The number of aryl methyl sites for hydroxylation is 1. The summed E-state index contributed by atoms with van der Waals surface area (Å²) in [5.41, 5.74) is 2.03. The Hall–Kier alpha value is -1.58. The van der Waals surface area contributed by atoms with Gasteiger partial charge in [0.25, 0.3) is 0 Å². The first-order valence-corrected chi connectivity index (χ1v) is 5.44. The quantitative estimate of drug-likeness (QED) is 0.722. The molecule has 2 heterocycles. The van der Waals surface area contributed by atoms with Crippen molar-refractivity contribution < 1.29 is 9.53 Å². The van der Waals surface area contributed by atoms with Crippen LogP contribution in [0.5, 0.6) is 5.88 Å². The molecule has 1 aliphatic heterocycles. The highest BCUT2D eigenvalue weighted by Gasteiger charge is 2.25. The Balaban J connectivity index is 2.43. The number of hydrogen-bond donors (Lipinski definition) is 0. The Labute approximate surface area is 95.2 Å². The molecule has 4 nitrogen and oxygen atoms in total. The molecular weight excluding hydrogens is 204 g/mol. The topological polar surface area (TPSA) is 42.4 Å². The number of carbonyl (C=O) groups excluding carboxylic acids is 1. The molecule has 4 heteroatoms. The second-order valence-electron chi connectivity index (χ2n) is 4.19. The van der Waals surface area contributed by atoms with Gasteiger partial charge in [-0.25, -0.2) is 4.98 Å². The average molecular weight is 220 g/mol. The minimum atomic E-state index is 0.0726. The lowest BCUT2D eigenvalue weighted by Gasteiger charge is -2.19. The van der Waals surface area contributed by atoms with E-state index in [1.165, 1.54) is 0 Å². The molecule has 2 rings (SSSR count). The summed E-state index contributed by atoms with van der Waals surface area (Å²) in [6, 6.07) is 1.91. The molecule has 0 saturated heterocycles. The predicted molar refractivity (Wildman–Crippen MR) is 61.7 cm³/mol. The van der Waals surface area contributed by atoms with Crippen LogP contribution in [0.1, 0.15) is 18.9 Å². The van der Waals surface area contributed by atoms with Gasteiger partial charge in [-0.1, -0.05) is 6.92 Å². The molecule has 0 spiro atoms. The van der Waals surface area contributed by atoms with Crippen LogP contribution in [0.2, 0.25) is 0 Å². The number of methoxy groups -OCH3 is 1. The number of hydrogen-bond acceptors (Lipinski definition) is 3. The molecule has 1 unspecified atom stereocenters. The first-order valence-electron chi connectivity index (χ1n) is 5.44. The van der Waals surface area contributed by atoms with Crippen molar-refractivity contribution in [3.8, 4) is 5.88 Å². The Bertz CT molecular complexity index is 417. The lowest BCUT2D eigenvalue weighted by atomic mass is 10.0. The lowest BCUT2D eigenvalue weighted by Crippen LogP contribution is -2.30. The smallest absolute Gasteiger partial charge is 0.229 e. The van der Waals surface area contributed by atoms with Crippen LogP contribution in [0, 0.1) is 5.92 Å². The zero-order chi connectivity index (χ0) is 11.7. The summed E-state index contributed by atoms with van der Waals surface area (Å²) in [4.78, 5) is 17.8. The summed E-state index contributed by atoms with van der Waals surface area (Å²) in [6.45, 7) is 1.97. The molecule has 0 aliphatic carbocycles. The molecule has 1 aromatic heterocycles. The average Bonchev–Trinajstić information content (AvgIpc) is 2.42.